The molecule has 0 radical (unpaired) electrons. The molecule has 4 nitrogen and oxygen atoms in total. The van der Waals surface area contributed by atoms with E-state index in [-0.39, 0.29) is 10.1 Å². The molecule has 0 unspecified atom stereocenters. The molecule has 0 aliphatic heterocycles. The molecule has 0 amide bonds. The number of hydrogen-bond donors (Lipinski definition) is 0. The quantitative estimate of drug-likeness (QED) is 0.626. The van der Waals surface area contributed by atoms with Gasteiger partial charge in [0.25, 0.3) is 0 Å². The van der Waals surface area contributed by atoms with Crippen molar-refractivity contribution < 1.29 is 13.2 Å². The molecule has 2 heterocycles. The summed E-state index contributed by atoms with van der Waals surface area (Å²) in [7, 11) is 0. The molecule has 0 saturated carbocycles. The maximum atomic E-state index is 13.7. The van der Waals surface area contributed by atoms with E-state index in [4.69, 9.17) is 0 Å². The van der Waals surface area contributed by atoms with Crippen LogP contribution in [0.1, 0.15) is 11.0 Å². The molecule has 19 heavy (non-hydrogen) atoms. The van der Waals surface area contributed by atoms with Gasteiger partial charge in [0.15, 0.2) is 0 Å². The van der Waals surface area contributed by atoms with Crippen molar-refractivity contribution in [3.63, 3.8) is 0 Å². The molecule has 0 fully saturated rings. The molecule has 0 aliphatic rings. The van der Waals surface area contributed by atoms with Gasteiger partial charge in [-0.1, -0.05) is 0 Å². The second kappa shape index (κ2) is 4.73. The maximum absolute atomic E-state index is 13.7. The third-order valence-electron chi connectivity index (χ3n) is 2.39. The van der Waals surface area contributed by atoms with Crippen LogP contribution in [0.4, 0.5) is 13.2 Å². The molecule has 98 valence electrons. The molecular formula is C10H4BrF3N4Se. The van der Waals surface area contributed by atoms with Crippen LogP contribution in [-0.4, -0.2) is 34.3 Å². The van der Waals surface area contributed by atoms with Crippen LogP contribution in [-0.2, 0) is 0 Å². The van der Waals surface area contributed by atoms with Crippen LogP contribution in [0, 0.1) is 5.82 Å². The van der Waals surface area contributed by atoms with Crippen LogP contribution >= 0.6 is 15.9 Å². The van der Waals surface area contributed by atoms with E-state index in [1.807, 2.05) is 0 Å². The number of fused-ring (bicyclic) bond motifs is 1. The number of aromatic nitrogens is 4. The van der Waals surface area contributed by atoms with Crippen molar-refractivity contribution in [2.75, 3.05) is 0 Å². The van der Waals surface area contributed by atoms with Crippen LogP contribution in [0.5, 0.6) is 0 Å². The van der Waals surface area contributed by atoms with Gasteiger partial charge >= 0.3 is 119 Å². The standard InChI is InChI=1S/C10H4BrF3N4Se/c11-4-1-5(12)7-6(2-4)18(3-15-7)10-17-16-9(19-10)8(13)14/h1-3,8H. The zero-order valence-corrected chi connectivity index (χ0v) is 12.3. The van der Waals surface area contributed by atoms with E-state index < -0.39 is 26.7 Å². The van der Waals surface area contributed by atoms with Gasteiger partial charge in [-0.3, -0.25) is 0 Å². The fraction of sp³-hybridized carbons (Fsp3) is 0.100. The molecule has 0 atom stereocenters. The van der Waals surface area contributed by atoms with Crippen molar-refractivity contribution in [2.24, 2.45) is 0 Å². The minimum atomic E-state index is -2.61. The van der Waals surface area contributed by atoms with Crippen molar-refractivity contribution in [3.05, 3.63) is 33.3 Å². The second-order valence-electron chi connectivity index (χ2n) is 3.59. The molecule has 2 aromatic heterocycles. The van der Waals surface area contributed by atoms with Gasteiger partial charge in [-0.15, -0.1) is 0 Å². The molecular weight excluding hydrogens is 392 g/mol. The van der Waals surface area contributed by atoms with Crippen molar-refractivity contribution >= 4 is 41.5 Å². The Bertz CT molecular complexity index is 754. The molecule has 0 spiro atoms. The summed E-state index contributed by atoms with van der Waals surface area (Å²) in [5.74, 6) is -0.482. The summed E-state index contributed by atoms with van der Waals surface area (Å²) >= 11 is 2.50. The molecule has 0 saturated heterocycles. The molecule has 0 bridgehead atoms. The van der Waals surface area contributed by atoms with E-state index in [2.05, 4.69) is 31.1 Å². The van der Waals surface area contributed by atoms with Gasteiger partial charge < -0.3 is 0 Å². The van der Waals surface area contributed by atoms with Crippen LogP contribution in [0.2, 0.25) is 0 Å². The van der Waals surface area contributed by atoms with Gasteiger partial charge in [0.2, 0.25) is 0 Å². The predicted molar refractivity (Wildman–Crippen MR) is 66.2 cm³/mol. The van der Waals surface area contributed by atoms with Gasteiger partial charge in [-0.25, -0.2) is 0 Å². The van der Waals surface area contributed by atoms with Crippen LogP contribution in [0.3, 0.4) is 0 Å². The van der Waals surface area contributed by atoms with Gasteiger partial charge in [0.1, 0.15) is 0 Å². The zero-order valence-electron chi connectivity index (χ0n) is 9.02. The van der Waals surface area contributed by atoms with Crippen molar-refractivity contribution in [3.8, 4) is 4.69 Å². The van der Waals surface area contributed by atoms with E-state index in [1.165, 1.54) is 17.0 Å². The summed E-state index contributed by atoms with van der Waals surface area (Å²) in [5, 5.41) is 7.18. The van der Waals surface area contributed by atoms with E-state index in [9.17, 15) is 13.2 Å². The Kier molecular flexibility index (Phi) is 3.20. The van der Waals surface area contributed by atoms with Crippen LogP contribution in [0.15, 0.2) is 22.9 Å². The Labute approximate surface area is 119 Å². The molecule has 1 aromatic carbocycles. The number of rotatable bonds is 2. The summed E-state index contributed by atoms with van der Waals surface area (Å²) in [6, 6.07) is 2.95. The average Bonchev–Trinajstić information content (AvgIpc) is 2.93. The SMILES string of the molecule is Fc1cc(Br)cc2c1ncn2-c1nnc(C(F)F)[se]1. The third-order valence-corrected chi connectivity index (χ3v) is 4.80. The minimum absolute atomic E-state index is 0.173. The predicted octanol–water partition coefficient (Wildman–Crippen LogP) is 2.71. The van der Waals surface area contributed by atoms with Crippen LogP contribution in [0.25, 0.3) is 15.7 Å². The van der Waals surface area contributed by atoms with Gasteiger partial charge in [0, 0.05) is 0 Å². The van der Waals surface area contributed by atoms with E-state index >= 15 is 0 Å². The molecule has 0 N–H and O–H groups in total. The summed E-state index contributed by atoms with van der Waals surface area (Å²) in [6.07, 6.45) is -1.25. The van der Waals surface area contributed by atoms with Gasteiger partial charge in [-0.05, 0) is 0 Å². The fourth-order valence-electron chi connectivity index (χ4n) is 1.61. The molecule has 3 rings (SSSR count). The first-order valence-corrected chi connectivity index (χ1v) is 7.51. The average molecular weight is 396 g/mol. The van der Waals surface area contributed by atoms with E-state index in [1.54, 1.807) is 6.07 Å². The molecule has 9 heteroatoms. The van der Waals surface area contributed by atoms with Gasteiger partial charge in [0.05, 0.1) is 0 Å². The third kappa shape index (κ3) is 2.22. The number of halogens is 4. The van der Waals surface area contributed by atoms with Crippen molar-refractivity contribution in [1.82, 2.24) is 19.7 Å². The number of nitrogens with zero attached hydrogens (tertiary/aromatic N) is 4. The number of imidazole rings is 1. The van der Waals surface area contributed by atoms with E-state index in [0.29, 0.717) is 14.7 Å². The Hall–Kier alpha value is -1.18. The summed E-state index contributed by atoms with van der Waals surface area (Å²) < 4.78 is 40.9. The first-order chi connectivity index (χ1) is 9.06. The first kappa shape index (κ1) is 12.8. The Morgan fingerprint density at radius 2 is 2.05 bits per heavy atom. The monoisotopic (exact) mass is 396 g/mol. The molecule has 3 aromatic rings. The number of benzene rings is 1. The van der Waals surface area contributed by atoms with Crippen LogP contribution < -0.4 is 0 Å². The topological polar surface area (TPSA) is 43.6 Å². The first-order valence-electron chi connectivity index (χ1n) is 5.00. The number of alkyl halides is 2. The fourth-order valence-corrected chi connectivity index (χ4v) is 3.46. The van der Waals surface area contributed by atoms with E-state index in [0.717, 1.165) is 0 Å². The van der Waals surface area contributed by atoms with Crippen molar-refractivity contribution in [2.45, 2.75) is 6.43 Å². The Balaban J connectivity index is 2.19. The van der Waals surface area contributed by atoms with Crippen molar-refractivity contribution in [1.29, 1.82) is 0 Å². The number of hydrogen-bond acceptors (Lipinski definition) is 3. The second-order valence-corrected chi connectivity index (χ2v) is 6.58. The van der Waals surface area contributed by atoms with Gasteiger partial charge in [-0.2, -0.15) is 0 Å². The Morgan fingerprint density at radius 1 is 1.26 bits per heavy atom. The Morgan fingerprint density at radius 3 is 2.74 bits per heavy atom. The summed E-state index contributed by atoms with van der Waals surface area (Å²) in [6.45, 7) is 0. The zero-order chi connectivity index (χ0) is 13.6. The normalized spacial score (nSPS) is 11.6. The molecule has 0 aliphatic carbocycles. The summed E-state index contributed by atoms with van der Waals surface area (Å²) in [4.78, 5) is 3.93. The summed E-state index contributed by atoms with van der Waals surface area (Å²) in [5.41, 5.74) is 0.644.